The fourth-order valence-corrected chi connectivity index (χ4v) is 2.20. The zero-order valence-electron chi connectivity index (χ0n) is 10.1. The van der Waals surface area contributed by atoms with Crippen molar-refractivity contribution < 1.29 is 4.39 Å². The minimum atomic E-state index is -0.242. The molecule has 0 unspecified atom stereocenters. The van der Waals surface area contributed by atoms with Crippen LogP contribution < -0.4 is 5.32 Å². The Labute approximate surface area is 110 Å². The van der Waals surface area contributed by atoms with Crippen LogP contribution in [-0.4, -0.2) is 16.5 Å². The number of hydrogen-bond acceptors (Lipinski definition) is 4. The van der Waals surface area contributed by atoms with Gasteiger partial charge < -0.3 is 5.32 Å². The molecule has 2 rings (SSSR count). The summed E-state index contributed by atoms with van der Waals surface area (Å²) >= 11 is 1.40. The maximum Gasteiger partial charge on any atom is 0.145 e. The number of rotatable bonds is 5. The fourth-order valence-electron chi connectivity index (χ4n) is 1.39. The van der Waals surface area contributed by atoms with Crippen molar-refractivity contribution in [3.05, 3.63) is 42.5 Å². The molecular weight excluding hydrogens is 249 g/mol. The topological polar surface area (TPSA) is 37.8 Å². The van der Waals surface area contributed by atoms with E-state index in [2.05, 4.69) is 22.2 Å². The zero-order chi connectivity index (χ0) is 12.8. The number of aromatic nitrogens is 2. The molecule has 0 fully saturated rings. The molecule has 1 aromatic heterocycles. The molecule has 3 nitrogen and oxygen atoms in total. The van der Waals surface area contributed by atoms with Crippen molar-refractivity contribution in [2.75, 3.05) is 11.9 Å². The van der Waals surface area contributed by atoms with Crippen LogP contribution in [0.25, 0.3) is 0 Å². The van der Waals surface area contributed by atoms with Gasteiger partial charge in [-0.15, -0.1) is 0 Å². The SMILES string of the molecule is CCCNc1cncc(Sc2cccc(F)c2)n1. The Morgan fingerprint density at radius 2 is 2.22 bits per heavy atom. The second-order valence-electron chi connectivity index (χ2n) is 3.73. The molecule has 0 aliphatic rings. The highest BCUT2D eigenvalue weighted by Crippen LogP contribution is 2.26. The van der Waals surface area contributed by atoms with Gasteiger partial charge in [0.25, 0.3) is 0 Å². The molecule has 1 aromatic carbocycles. The molecule has 0 saturated heterocycles. The molecule has 0 saturated carbocycles. The van der Waals surface area contributed by atoms with Crippen molar-refractivity contribution in [1.82, 2.24) is 9.97 Å². The van der Waals surface area contributed by atoms with E-state index in [1.54, 1.807) is 18.5 Å². The van der Waals surface area contributed by atoms with E-state index in [4.69, 9.17) is 0 Å². The number of benzene rings is 1. The van der Waals surface area contributed by atoms with Crippen LogP contribution in [-0.2, 0) is 0 Å². The summed E-state index contributed by atoms with van der Waals surface area (Å²) in [6.07, 6.45) is 4.39. The molecule has 2 aromatic rings. The van der Waals surface area contributed by atoms with Crippen molar-refractivity contribution >= 4 is 17.6 Å². The van der Waals surface area contributed by atoms with Crippen LogP contribution in [0.5, 0.6) is 0 Å². The predicted molar refractivity (Wildman–Crippen MR) is 71.3 cm³/mol. The van der Waals surface area contributed by atoms with Gasteiger partial charge in [-0.3, -0.25) is 4.98 Å². The molecular formula is C13H14FN3S. The molecule has 0 atom stereocenters. The third kappa shape index (κ3) is 3.70. The lowest BCUT2D eigenvalue weighted by molar-refractivity contribution is 0.624. The maximum atomic E-state index is 13.1. The smallest absolute Gasteiger partial charge is 0.145 e. The zero-order valence-corrected chi connectivity index (χ0v) is 10.9. The van der Waals surface area contributed by atoms with Crippen LogP contribution in [0.3, 0.4) is 0 Å². The van der Waals surface area contributed by atoms with Gasteiger partial charge in [0.05, 0.1) is 12.4 Å². The second-order valence-corrected chi connectivity index (χ2v) is 4.82. The summed E-state index contributed by atoms with van der Waals surface area (Å²) in [5.74, 6) is 0.506. The van der Waals surface area contributed by atoms with Crippen LogP contribution >= 0.6 is 11.8 Å². The Bertz CT molecular complexity index is 519. The van der Waals surface area contributed by atoms with Crippen molar-refractivity contribution in [2.45, 2.75) is 23.3 Å². The van der Waals surface area contributed by atoms with Crippen molar-refractivity contribution in [2.24, 2.45) is 0 Å². The third-order valence-electron chi connectivity index (χ3n) is 2.19. The molecule has 94 valence electrons. The van der Waals surface area contributed by atoms with Crippen molar-refractivity contribution in [1.29, 1.82) is 0 Å². The Morgan fingerprint density at radius 3 is 3.00 bits per heavy atom. The molecule has 18 heavy (non-hydrogen) atoms. The summed E-state index contributed by atoms with van der Waals surface area (Å²) in [5.41, 5.74) is 0. The van der Waals surface area contributed by atoms with Crippen LogP contribution in [0.1, 0.15) is 13.3 Å². The van der Waals surface area contributed by atoms with Crippen LogP contribution in [0, 0.1) is 5.82 Å². The lowest BCUT2D eigenvalue weighted by Gasteiger charge is -2.05. The van der Waals surface area contributed by atoms with E-state index in [0.717, 1.165) is 28.7 Å². The number of nitrogens with zero attached hydrogens (tertiary/aromatic N) is 2. The molecule has 5 heteroatoms. The molecule has 0 spiro atoms. The average molecular weight is 263 g/mol. The van der Waals surface area contributed by atoms with Gasteiger partial charge >= 0.3 is 0 Å². The minimum Gasteiger partial charge on any atom is -0.369 e. The maximum absolute atomic E-state index is 13.1. The summed E-state index contributed by atoms with van der Waals surface area (Å²) in [4.78, 5) is 9.34. The summed E-state index contributed by atoms with van der Waals surface area (Å²) < 4.78 is 13.1. The van der Waals surface area contributed by atoms with E-state index < -0.39 is 0 Å². The Morgan fingerprint density at radius 1 is 1.33 bits per heavy atom. The van der Waals surface area contributed by atoms with E-state index in [9.17, 15) is 4.39 Å². The van der Waals surface area contributed by atoms with Crippen molar-refractivity contribution in [3.8, 4) is 0 Å². The van der Waals surface area contributed by atoms with Gasteiger partial charge in [-0.25, -0.2) is 9.37 Å². The first kappa shape index (κ1) is 12.8. The molecule has 1 N–H and O–H groups in total. The largest absolute Gasteiger partial charge is 0.369 e. The van der Waals surface area contributed by atoms with Gasteiger partial charge in [0.2, 0.25) is 0 Å². The molecule has 0 amide bonds. The number of nitrogens with one attached hydrogen (secondary N) is 1. The highest BCUT2D eigenvalue weighted by atomic mass is 32.2. The van der Waals surface area contributed by atoms with Gasteiger partial charge in [0.15, 0.2) is 0 Å². The number of halogens is 1. The van der Waals surface area contributed by atoms with E-state index >= 15 is 0 Å². The quantitative estimate of drug-likeness (QED) is 0.894. The van der Waals surface area contributed by atoms with E-state index in [1.807, 2.05) is 6.07 Å². The van der Waals surface area contributed by atoms with Gasteiger partial charge in [-0.05, 0) is 24.6 Å². The minimum absolute atomic E-state index is 0.242. The van der Waals surface area contributed by atoms with Gasteiger partial charge in [0, 0.05) is 11.4 Å². The Balaban J connectivity index is 2.09. The first-order valence-electron chi connectivity index (χ1n) is 5.77. The predicted octanol–water partition coefficient (Wildman–Crippen LogP) is 3.59. The lowest BCUT2D eigenvalue weighted by atomic mass is 10.4. The Kier molecular flexibility index (Phi) is 4.52. The summed E-state index contributed by atoms with van der Waals surface area (Å²) in [6.45, 7) is 2.95. The molecule has 0 aliphatic heterocycles. The Hall–Kier alpha value is -1.62. The average Bonchev–Trinajstić information content (AvgIpc) is 2.37. The fraction of sp³-hybridized carbons (Fsp3) is 0.231. The summed E-state index contributed by atoms with van der Waals surface area (Å²) in [5, 5.41) is 3.92. The molecule has 0 radical (unpaired) electrons. The molecule has 1 heterocycles. The number of hydrogen-bond donors (Lipinski definition) is 1. The number of anilines is 1. The van der Waals surface area contributed by atoms with Crippen LogP contribution in [0.15, 0.2) is 46.6 Å². The van der Waals surface area contributed by atoms with Gasteiger partial charge in [0.1, 0.15) is 16.7 Å². The van der Waals surface area contributed by atoms with Gasteiger partial charge in [-0.1, -0.05) is 24.8 Å². The van der Waals surface area contributed by atoms with E-state index in [-0.39, 0.29) is 5.82 Å². The third-order valence-corrected chi connectivity index (χ3v) is 3.08. The van der Waals surface area contributed by atoms with Crippen LogP contribution in [0.2, 0.25) is 0 Å². The van der Waals surface area contributed by atoms with E-state index in [0.29, 0.717) is 0 Å². The highest BCUT2D eigenvalue weighted by Gasteiger charge is 2.02. The standard InChI is InChI=1S/C13H14FN3S/c1-2-6-16-12-8-15-9-13(17-12)18-11-5-3-4-10(14)7-11/h3-5,7-9H,2,6H2,1H3,(H,16,17). The second kappa shape index (κ2) is 6.35. The van der Waals surface area contributed by atoms with Gasteiger partial charge in [-0.2, -0.15) is 0 Å². The lowest BCUT2D eigenvalue weighted by Crippen LogP contribution is -2.02. The molecule has 0 bridgehead atoms. The van der Waals surface area contributed by atoms with E-state index in [1.165, 1.54) is 23.9 Å². The highest BCUT2D eigenvalue weighted by molar-refractivity contribution is 7.99. The normalized spacial score (nSPS) is 10.3. The summed E-state index contributed by atoms with van der Waals surface area (Å²) in [7, 11) is 0. The van der Waals surface area contributed by atoms with Crippen LogP contribution in [0.4, 0.5) is 10.2 Å². The first-order valence-corrected chi connectivity index (χ1v) is 6.59. The van der Waals surface area contributed by atoms with Crippen molar-refractivity contribution in [3.63, 3.8) is 0 Å². The first-order chi connectivity index (χ1) is 8.78. The monoisotopic (exact) mass is 263 g/mol. The summed E-state index contributed by atoms with van der Waals surface area (Å²) in [6, 6.07) is 6.44. The molecule has 0 aliphatic carbocycles.